The first-order valence-corrected chi connectivity index (χ1v) is 10.5. The van der Waals surface area contributed by atoms with Crippen molar-refractivity contribution in [2.45, 2.75) is 6.42 Å². The number of rotatable bonds is 6. The van der Waals surface area contributed by atoms with Crippen molar-refractivity contribution in [2.75, 3.05) is 6.61 Å². The highest BCUT2D eigenvalue weighted by molar-refractivity contribution is 9.10. The molecule has 0 fully saturated rings. The van der Waals surface area contributed by atoms with Gasteiger partial charge in [0.1, 0.15) is 5.75 Å². The van der Waals surface area contributed by atoms with E-state index in [4.69, 9.17) is 27.9 Å². The van der Waals surface area contributed by atoms with Crippen molar-refractivity contribution in [1.82, 2.24) is 10.9 Å². The number of benzene rings is 3. The average molecular weight is 508 g/mol. The summed E-state index contributed by atoms with van der Waals surface area (Å²) in [6.07, 6.45) is 0.773. The Bertz CT molecular complexity index is 1060. The van der Waals surface area contributed by atoms with Crippen LogP contribution in [0.4, 0.5) is 0 Å². The number of hydrogen-bond donors (Lipinski definition) is 2. The first-order valence-electron chi connectivity index (χ1n) is 8.96. The van der Waals surface area contributed by atoms with Gasteiger partial charge in [0, 0.05) is 17.0 Å². The SMILES string of the molecule is O=C(NNC(=O)c1ccc(Cl)cc1Cl)c1ccc(OCCc2ccccc2)c(Br)c1. The molecule has 0 aliphatic heterocycles. The molecule has 0 bridgehead atoms. The molecule has 3 aromatic carbocycles. The number of amides is 2. The lowest BCUT2D eigenvalue weighted by Crippen LogP contribution is -2.41. The molecule has 0 radical (unpaired) electrons. The van der Waals surface area contributed by atoms with Crippen molar-refractivity contribution >= 4 is 50.9 Å². The summed E-state index contributed by atoms with van der Waals surface area (Å²) in [5, 5.41) is 0.602. The second-order valence-corrected chi connectivity index (χ2v) is 7.96. The second kappa shape index (κ2) is 10.5. The predicted octanol–water partition coefficient (Wildman–Crippen LogP) is 5.45. The van der Waals surface area contributed by atoms with Crippen LogP contribution in [0.25, 0.3) is 0 Å². The standard InChI is InChI=1S/C22H17BrCl2N2O3/c23-18-12-15(6-9-20(18)30-11-10-14-4-2-1-3-5-14)21(28)26-27-22(29)17-8-7-16(24)13-19(17)25/h1-9,12-13H,10-11H2,(H,26,28)(H,27,29). The number of halogens is 3. The van der Waals surface area contributed by atoms with Crippen molar-refractivity contribution < 1.29 is 14.3 Å². The maximum atomic E-state index is 12.3. The molecule has 154 valence electrons. The molecule has 2 amide bonds. The quantitative estimate of drug-likeness (QED) is 0.436. The molecule has 0 heterocycles. The molecule has 0 aliphatic carbocycles. The van der Waals surface area contributed by atoms with Gasteiger partial charge in [-0.3, -0.25) is 20.4 Å². The van der Waals surface area contributed by atoms with E-state index < -0.39 is 11.8 Å². The normalized spacial score (nSPS) is 10.4. The van der Waals surface area contributed by atoms with Crippen LogP contribution in [-0.2, 0) is 6.42 Å². The van der Waals surface area contributed by atoms with Gasteiger partial charge in [-0.1, -0.05) is 53.5 Å². The van der Waals surface area contributed by atoms with Crippen LogP contribution >= 0.6 is 39.1 Å². The Labute approximate surface area is 192 Å². The van der Waals surface area contributed by atoms with E-state index in [0.717, 1.165) is 6.42 Å². The minimum atomic E-state index is -0.551. The summed E-state index contributed by atoms with van der Waals surface area (Å²) < 4.78 is 6.42. The number of nitrogens with one attached hydrogen (secondary N) is 2. The van der Waals surface area contributed by atoms with Crippen molar-refractivity contribution in [3.8, 4) is 5.75 Å². The third kappa shape index (κ3) is 5.98. The zero-order chi connectivity index (χ0) is 21.5. The molecule has 0 spiro atoms. The van der Waals surface area contributed by atoms with Crippen LogP contribution in [0.1, 0.15) is 26.3 Å². The van der Waals surface area contributed by atoms with E-state index in [0.29, 0.717) is 27.4 Å². The van der Waals surface area contributed by atoms with Gasteiger partial charge in [-0.25, -0.2) is 0 Å². The fourth-order valence-electron chi connectivity index (χ4n) is 2.61. The molecule has 0 saturated heterocycles. The minimum Gasteiger partial charge on any atom is -0.492 e. The van der Waals surface area contributed by atoms with E-state index in [2.05, 4.69) is 26.8 Å². The Balaban J connectivity index is 1.54. The Morgan fingerprint density at radius 3 is 2.33 bits per heavy atom. The van der Waals surface area contributed by atoms with Gasteiger partial charge in [-0.05, 0) is 57.9 Å². The number of carbonyl (C=O) groups is 2. The molecule has 0 aliphatic rings. The third-order valence-electron chi connectivity index (χ3n) is 4.15. The zero-order valence-corrected chi connectivity index (χ0v) is 18.7. The second-order valence-electron chi connectivity index (χ2n) is 6.26. The van der Waals surface area contributed by atoms with Gasteiger partial charge in [-0.15, -0.1) is 0 Å². The Morgan fingerprint density at radius 2 is 1.63 bits per heavy atom. The first-order chi connectivity index (χ1) is 14.4. The van der Waals surface area contributed by atoms with Crippen LogP contribution in [0.5, 0.6) is 5.75 Å². The molecular weight excluding hydrogens is 491 g/mol. The van der Waals surface area contributed by atoms with Crippen molar-refractivity contribution in [1.29, 1.82) is 0 Å². The summed E-state index contributed by atoms with van der Waals surface area (Å²) in [6.45, 7) is 0.506. The molecule has 30 heavy (non-hydrogen) atoms. The molecule has 2 N–H and O–H groups in total. The van der Waals surface area contributed by atoms with Gasteiger partial charge in [0.15, 0.2) is 0 Å². The van der Waals surface area contributed by atoms with Gasteiger partial charge in [0.05, 0.1) is 21.7 Å². The predicted molar refractivity (Wildman–Crippen MR) is 121 cm³/mol. The largest absolute Gasteiger partial charge is 0.492 e. The molecule has 0 aromatic heterocycles. The van der Waals surface area contributed by atoms with Gasteiger partial charge < -0.3 is 4.74 Å². The van der Waals surface area contributed by atoms with Crippen LogP contribution in [0.15, 0.2) is 71.2 Å². The van der Waals surface area contributed by atoms with Gasteiger partial charge >= 0.3 is 0 Å². The summed E-state index contributed by atoms with van der Waals surface area (Å²) in [5.74, 6) is -0.408. The maximum Gasteiger partial charge on any atom is 0.271 e. The van der Waals surface area contributed by atoms with Crippen LogP contribution in [0.3, 0.4) is 0 Å². The molecule has 0 unspecified atom stereocenters. The third-order valence-corrected chi connectivity index (χ3v) is 5.32. The highest BCUT2D eigenvalue weighted by Gasteiger charge is 2.14. The monoisotopic (exact) mass is 506 g/mol. The van der Waals surface area contributed by atoms with Gasteiger partial charge in [0.25, 0.3) is 11.8 Å². The van der Waals surface area contributed by atoms with E-state index in [-0.39, 0.29) is 10.6 Å². The highest BCUT2D eigenvalue weighted by atomic mass is 79.9. The van der Waals surface area contributed by atoms with E-state index in [1.807, 2.05) is 30.3 Å². The lowest BCUT2D eigenvalue weighted by atomic mass is 10.2. The maximum absolute atomic E-state index is 12.3. The Hall–Kier alpha value is -2.54. The van der Waals surface area contributed by atoms with Gasteiger partial charge in [0.2, 0.25) is 0 Å². The van der Waals surface area contributed by atoms with Crippen LogP contribution in [0.2, 0.25) is 10.0 Å². The molecular formula is C22H17BrCl2N2O3. The molecule has 3 rings (SSSR count). The van der Waals surface area contributed by atoms with Crippen LogP contribution in [-0.4, -0.2) is 18.4 Å². The summed E-state index contributed by atoms with van der Waals surface area (Å²) in [5.41, 5.74) is 6.42. The fourth-order valence-corrected chi connectivity index (χ4v) is 3.60. The summed E-state index contributed by atoms with van der Waals surface area (Å²) >= 11 is 15.2. The molecule has 5 nitrogen and oxygen atoms in total. The first kappa shape index (κ1) is 22.2. The van der Waals surface area contributed by atoms with Gasteiger partial charge in [-0.2, -0.15) is 0 Å². The highest BCUT2D eigenvalue weighted by Crippen LogP contribution is 2.26. The summed E-state index contributed by atoms with van der Waals surface area (Å²) in [7, 11) is 0. The van der Waals surface area contributed by atoms with Crippen LogP contribution < -0.4 is 15.6 Å². The molecule has 3 aromatic rings. The van der Waals surface area contributed by atoms with E-state index in [1.165, 1.54) is 23.8 Å². The number of hydrazine groups is 1. The van der Waals surface area contributed by atoms with E-state index in [1.54, 1.807) is 18.2 Å². The summed E-state index contributed by atoms with van der Waals surface area (Å²) in [4.78, 5) is 24.5. The molecule has 8 heteroatoms. The van der Waals surface area contributed by atoms with E-state index in [9.17, 15) is 9.59 Å². The lowest BCUT2D eigenvalue weighted by Gasteiger charge is -2.11. The molecule has 0 atom stereocenters. The fraction of sp³-hybridized carbons (Fsp3) is 0.0909. The lowest BCUT2D eigenvalue weighted by molar-refractivity contribution is 0.0846. The minimum absolute atomic E-state index is 0.189. The smallest absolute Gasteiger partial charge is 0.271 e. The Morgan fingerprint density at radius 1 is 0.900 bits per heavy atom. The number of ether oxygens (including phenoxy) is 1. The summed E-state index contributed by atoms with van der Waals surface area (Å²) in [6, 6.07) is 19.4. The van der Waals surface area contributed by atoms with Crippen molar-refractivity contribution in [3.63, 3.8) is 0 Å². The average Bonchev–Trinajstić information content (AvgIpc) is 2.73. The topological polar surface area (TPSA) is 67.4 Å². The van der Waals surface area contributed by atoms with Crippen LogP contribution in [0, 0.1) is 0 Å². The van der Waals surface area contributed by atoms with Crippen molar-refractivity contribution in [2.24, 2.45) is 0 Å². The Kier molecular flexibility index (Phi) is 7.74. The number of hydrogen-bond acceptors (Lipinski definition) is 3. The number of carbonyl (C=O) groups excluding carboxylic acids is 2. The van der Waals surface area contributed by atoms with Crippen molar-refractivity contribution in [3.05, 3.63) is 97.9 Å². The van der Waals surface area contributed by atoms with E-state index >= 15 is 0 Å². The zero-order valence-electron chi connectivity index (χ0n) is 15.6. The molecule has 0 saturated carbocycles.